The van der Waals surface area contributed by atoms with Gasteiger partial charge in [-0.1, -0.05) is 26.3 Å². The lowest BCUT2D eigenvalue weighted by Crippen LogP contribution is -1.96. The molecule has 0 amide bonds. The number of pyridine rings is 1. The van der Waals surface area contributed by atoms with E-state index in [9.17, 15) is 0 Å². The second-order valence-electron chi connectivity index (χ2n) is 4.62. The number of fused-ring (bicyclic) bond motifs is 1. The summed E-state index contributed by atoms with van der Waals surface area (Å²) in [7, 11) is 0. The normalized spacial score (nSPS) is 12.9. The molecule has 2 rings (SSSR count). The third-order valence-electron chi connectivity index (χ3n) is 3.28. The molecular formula is C15H19N. The summed E-state index contributed by atoms with van der Waals surface area (Å²) in [4.78, 5) is 4.16. The zero-order chi connectivity index (χ0) is 11.5. The summed E-state index contributed by atoms with van der Waals surface area (Å²) in [5.74, 6) is 0.655. The summed E-state index contributed by atoms with van der Waals surface area (Å²) < 4.78 is 0. The van der Waals surface area contributed by atoms with Crippen LogP contribution in [0.25, 0.3) is 10.8 Å². The highest BCUT2D eigenvalue weighted by atomic mass is 14.6. The first-order valence-corrected chi connectivity index (χ1v) is 6.06. The predicted octanol–water partition coefficient (Wildman–Crippen LogP) is 4.45. The molecule has 0 aliphatic rings. The SMILES string of the molecule is CCCC(C)c1cc2ccncc2cc1C. The second-order valence-corrected chi connectivity index (χ2v) is 4.62. The lowest BCUT2D eigenvalue weighted by molar-refractivity contribution is 0.662. The van der Waals surface area contributed by atoms with Crippen LogP contribution in [0, 0.1) is 6.92 Å². The van der Waals surface area contributed by atoms with Crippen LogP contribution in [-0.2, 0) is 0 Å². The molecule has 2 aromatic rings. The predicted molar refractivity (Wildman–Crippen MR) is 69.8 cm³/mol. The lowest BCUT2D eigenvalue weighted by Gasteiger charge is -2.14. The van der Waals surface area contributed by atoms with Crippen molar-refractivity contribution < 1.29 is 0 Å². The van der Waals surface area contributed by atoms with Crippen LogP contribution in [0.5, 0.6) is 0 Å². The molecule has 1 heteroatoms. The molecular weight excluding hydrogens is 194 g/mol. The van der Waals surface area contributed by atoms with Crippen molar-refractivity contribution in [1.29, 1.82) is 0 Å². The van der Waals surface area contributed by atoms with Crippen LogP contribution in [0.3, 0.4) is 0 Å². The van der Waals surface area contributed by atoms with Gasteiger partial charge in [0.05, 0.1) is 0 Å². The molecule has 84 valence electrons. The molecule has 0 aliphatic carbocycles. The molecule has 0 saturated carbocycles. The van der Waals surface area contributed by atoms with Crippen molar-refractivity contribution in [3.05, 3.63) is 41.7 Å². The highest BCUT2D eigenvalue weighted by molar-refractivity contribution is 5.83. The maximum atomic E-state index is 4.16. The van der Waals surface area contributed by atoms with E-state index in [1.54, 1.807) is 0 Å². The van der Waals surface area contributed by atoms with Crippen molar-refractivity contribution in [2.45, 2.75) is 39.5 Å². The highest BCUT2D eigenvalue weighted by Gasteiger charge is 2.08. The van der Waals surface area contributed by atoms with Crippen molar-refractivity contribution in [2.75, 3.05) is 0 Å². The monoisotopic (exact) mass is 213 g/mol. The molecule has 0 fully saturated rings. The van der Waals surface area contributed by atoms with E-state index in [-0.39, 0.29) is 0 Å². The number of nitrogens with zero attached hydrogens (tertiary/aromatic N) is 1. The van der Waals surface area contributed by atoms with Crippen molar-refractivity contribution in [2.24, 2.45) is 0 Å². The number of benzene rings is 1. The van der Waals surface area contributed by atoms with E-state index >= 15 is 0 Å². The van der Waals surface area contributed by atoms with Crippen LogP contribution in [-0.4, -0.2) is 4.98 Å². The first-order valence-electron chi connectivity index (χ1n) is 6.06. The Kier molecular flexibility index (Phi) is 3.23. The zero-order valence-corrected chi connectivity index (χ0v) is 10.3. The summed E-state index contributed by atoms with van der Waals surface area (Å²) in [5.41, 5.74) is 2.88. The Labute approximate surface area is 97.5 Å². The first-order chi connectivity index (χ1) is 7.72. The maximum Gasteiger partial charge on any atom is 0.0346 e. The molecule has 1 unspecified atom stereocenters. The molecule has 0 aliphatic heterocycles. The minimum atomic E-state index is 0.655. The van der Waals surface area contributed by atoms with Crippen LogP contribution < -0.4 is 0 Å². The molecule has 16 heavy (non-hydrogen) atoms. The van der Waals surface area contributed by atoms with E-state index in [0.717, 1.165) is 0 Å². The Bertz CT molecular complexity index is 488. The van der Waals surface area contributed by atoms with Gasteiger partial charge in [-0.2, -0.15) is 0 Å². The van der Waals surface area contributed by atoms with Gasteiger partial charge < -0.3 is 0 Å². The van der Waals surface area contributed by atoms with Gasteiger partial charge in [-0.25, -0.2) is 0 Å². The molecule has 1 aromatic carbocycles. The van der Waals surface area contributed by atoms with Crippen LogP contribution in [0.4, 0.5) is 0 Å². The Balaban J connectivity index is 2.49. The Morgan fingerprint density at radius 1 is 1.25 bits per heavy atom. The van der Waals surface area contributed by atoms with Gasteiger partial charge >= 0.3 is 0 Å². The van der Waals surface area contributed by atoms with Gasteiger partial charge in [-0.15, -0.1) is 0 Å². The van der Waals surface area contributed by atoms with Gasteiger partial charge in [0.15, 0.2) is 0 Å². The van der Waals surface area contributed by atoms with E-state index < -0.39 is 0 Å². The van der Waals surface area contributed by atoms with Crippen molar-refractivity contribution >= 4 is 10.8 Å². The minimum Gasteiger partial charge on any atom is -0.264 e. The Hall–Kier alpha value is -1.37. The third kappa shape index (κ3) is 2.08. The molecule has 1 nitrogen and oxygen atoms in total. The largest absolute Gasteiger partial charge is 0.264 e. The standard InChI is InChI=1S/C15H19N/c1-4-5-11(2)15-9-13-6-7-16-10-14(13)8-12(15)3/h6-11H,4-5H2,1-3H3. The molecule has 0 N–H and O–H groups in total. The van der Waals surface area contributed by atoms with Gasteiger partial charge in [0.1, 0.15) is 0 Å². The summed E-state index contributed by atoms with van der Waals surface area (Å²) in [6, 6.07) is 6.67. The van der Waals surface area contributed by atoms with Gasteiger partial charge in [0.25, 0.3) is 0 Å². The van der Waals surface area contributed by atoms with E-state index in [4.69, 9.17) is 0 Å². The molecule has 1 atom stereocenters. The van der Waals surface area contributed by atoms with E-state index in [1.807, 2.05) is 12.4 Å². The third-order valence-corrected chi connectivity index (χ3v) is 3.28. The number of hydrogen-bond donors (Lipinski definition) is 0. The van der Waals surface area contributed by atoms with Crippen LogP contribution in [0.1, 0.15) is 43.7 Å². The fourth-order valence-electron chi connectivity index (χ4n) is 2.39. The maximum absolute atomic E-state index is 4.16. The summed E-state index contributed by atoms with van der Waals surface area (Å²) in [6.45, 7) is 6.77. The second kappa shape index (κ2) is 4.65. The quantitative estimate of drug-likeness (QED) is 0.734. The highest BCUT2D eigenvalue weighted by Crippen LogP contribution is 2.27. The first kappa shape index (κ1) is 11.1. The molecule has 0 spiro atoms. The van der Waals surface area contributed by atoms with E-state index in [0.29, 0.717) is 5.92 Å². The van der Waals surface area contributed by atoms with Crippen molar-refractivity contribution in [3.63, 3.8) is 0 Å². The molecule has 0 radical (unpaired) electrons. The van der Waals surface area contributed by atoms with Gasteiger partial charge in [-0.3, -0.25) is 4.98 Å². The van der Waals surface area contributed by atoms with Crippen molar-refractivity contribution in [1.82, 2.24) is 4.98 Å². The summed E-state index contributed by atoms with van der Waals surface area (Å²) >= 11 is 0. The van der Waals surface area contributed by atoms with Crippen LogP contribution in [0.15, 0.2) is 30.6 Å². The Morgan fingerprint density at radius 2 is 2.06 bits per heavy atom. The molecule has 1 aromatic heterocycles. The smallest absolute Gasteiger partial charge is 0.0346 e. The van der Waals surface area contributed by atoms with E-state index in [2.05, 4.69) is 44.0 Å². The number of rotatable bonds is 3. The molecule has 0 saturated heterocycles. The Morgan fingerprint density at radius 3 is 2.81 bits per heavy atom. The van der Waals surface area contributed by atoms with E-state index in [1.165, 1.54) is 34.7 Å². The molecule has 1 heterocycles. The van der Waals surface area contributed by atoms with Gasteiger partial charge in [-0.05, 0) is 47.9 Å². The average Bonchev–Trinajstić information content (AvgIpc) is 2.28. The molecule has 0 bridgehead atoms. The zero-order valence-electron chi connectivity index (χ0n) is 10.3. The van der Waals surface area contributed by atoms with Crippen LogP contribution >= 0.6 is 0 Å². The van der Waals surface area contributed by atoms with Crippen LogP contribution in [0.2, 0.25) is 0 Å². The number of hydrogen-bond acceptors (Lipinski definition) is 1. The topological polar surface area (TPSA) is 12.9 Å². The van der Waals surface area contributed by atoms with Gasteiger partial charge in [0, 0.05) is 17.8 Å². The van der Waals surface area contributed by atoms with Gasteiger partial charge in [0.2, 0.25) is 0 Å². The fourth-order valence-corrected chi connectivity index (χ4v) is 2.39. The minimum absolute atomic E-state index is 0.655. The lowest BCUT2D eigenvalue weighted by atomic mass is 9.91. The number of aryl methyl sites for hydroxylation is 1. The summed E-state index contributed by atoms with van der Waals surface area (Å²) in [6.07, 6.45) is 6.31. The van der Waals surface area contributed by atoms with Crippen molar-refractivity contribution in [3.8, 4) is 0 Å². The fraction of sp³-hybridized carbons (Fsp3) is 0.400. The number of aromatic nitrogens is 1. The average molecular weight is 213 g/mol. The summed E-state index contributed by atoms with van der Waals surface area (Å²) in [5, 5.41) is 2.55.